The van der Waals surface area contributed by atoms with Crippen molar-refractivity contribution in [3.05, 3.63) is 62.0 Å². The van der Waals surface area contributed by atoms with Crippen LogP contribution in [0.25, 0.3) is 0 Å². The molecule has 0 saturated carbocycles. The SMILES string of the molecule is CCOc1ccc(C(=O)c2cccc(Cl)c2Cl)cc1Br. The van der Waals surface area contributed by atoms with E-state index >= 15 is 0 Å². The van der Waals surface area contributed by atoms with Crippen LogP contribution < -0.4 is 4.74 Å². The molecule has 0 unspecified atom stereocenters. The number of benzene rings is 2. The topological polar surface area (TPSA) is 26.3 Å². The van der Waals surface area contributed by atoms with Crippen LogP contribution in [0.1, 0.15) is 22.8 Å². The van der Waals surface area contributed by atoms with E-state index in [-0.39, 0.29) is 10.8 Å². The van der Waals surface area contributed by atoms with Gasteiger partial charge < -0.3 is 4.74 Å². The van der Waals surface area contributed by atoms with Crippen molar-refractivity contribution in [1.29, 1.82) is 0 Å². The Hall–Kier alpha value is -1.03. The minimum atomic E-state index is -0.179. The van der Waals surface area contributed by atoms with E-state index < -0.39 is 0 Å². The molecule has 5 heteroatoms. The highest BCUT2D eigenvalue weighted by molar-refractivity contribution is 9.10. The predicted octanol–water partition coefficient (Wildman–Crippen LogP) is 5.39. The molecule has 104 valence electrons. The van der Waals surface area contributed by atoms with Gasteiger partial charge in [0.2, 0.25) is 0 Å². The standard InChI is InChI=1S/C15H11BrCl2O2/c1-2-20-13-7-6-9(8-11(13)16)15(19)10-4-3-5-12(17)14(10)18/h3-8H,2H2,1H3. The normalized spacial score (nSPS) is 10.4. The summed E-state index contributed by atoms with van der Waals surface area (Å²) in [5.74, 6) is 0.516. The molecule has 2 aromatic rings. The second-order valence-corrected chi connectivity index (χ2v) is 5.65. The van der Waals surface area contributed by atoms with E-state index in [4.69, 9.17) is 27.9 Å². The Balaban J connectivity index is 2.39. The van der Waals surface area contributed by atoms with Gasteiger partial charge in [-0.05, 0) is 53.2 Å². The number of halogens is 3. The van der Waals surface area contributed by atoms with Gasteiger partial charge in [0.15, 0.2) is 5.78 Å². The minimum Gasteiger partial charge on any atom is -0.493 e. The molecule has 0 N–H and O–H groups in total. The van der Waals surface area contributed by atoms with Crippen LogP contribution in [0.5, 0.6) is 5.75 Å². The van der Waals surface area contributed by atoms with E-state index in [1.807, 2.05) is 6.92 Å². The first-order chi connectivity index (χ1) is 9.54. The average Bonchev–Trinajstić information content (AvgIpc) is 2.43. The first-order valence-electron chi connectivity index (χ1n) is 5.95. The monoisotopic (exact) mass is 372 g/mol. The van der Waals surface area contributed by atoms with Crippen molar-refractivity contribution in [2.24, 2.45) is 0 Å². The number of hydrogen-bond donors (Lipinski definition) is 0. The molecule has 2 nitrogen and oxygen atoms in total. The smallest absolute Gasteiger partial charge is 0.194 e. The maximum Gasteiger partial charge on any atom is 0.194 e. The van der Waals surface area contributed by atoms with Crippen molar-refractivity contribution in [3.8, 4) is 5.75 Å². The molecule has 2 rings (SSSR count). The molecule has 0 aliphatic rings. The predicted molar refractivity (Wildman–Crippen MR) is 85.2 cm³/mol. The fourth-order valence-electron chi connectivity index (χ4n) is 1.75. The van der Waals surface area contributed by atoms with Crippen molar-refractivity contribution in [2.45, 2.75) is 6.92 Å². The van der Waals surface area contributed by atoms with Crippen LogP contribution in [0.2, 0.25) is 10.0 Å². The Morgan fingerprint density at radius 2 is 2.00 bits per heavy atom. The lowest BCUT2D eigenvalue weighted by Gasteiger charge is -2.09. The Labute approximate surface area is 135 Å². The molecule has 2 aromatic carbocycles. The summed E-state index contributed by atoms with van der Waals surface area (Å²) in [6, 6.07) is 10.2. The van der Waals surface area contributed by atoms with E-state index in [9.17, 15) is 4.79 Å². The molecule has 0 aliphatic carbocycles. The Kier molecular flexibility index (Phi) is 5.08. The number of carbonyl (C=O) groups is 1. The Bertz CT molecular complexity index is 656. The Morgan fingerprint density at radius 3 is 2.65 bits per heavy atom. The molecule has 0 amide bonds. The molecule has 0 bridgehead atoms. The van der Waals surface area contributed by atoms with E-state index in [0.717, 1.165) is 4.47 Å². The highest BCUT2D eigenvalue weighted by Gasteiger charge is 2.16. The molecule has 0 aliphatic heterocycles. The molecule has 0 heterocycles. The molecular formula is C15H11BrCl2O2. The molecule has 20 heavy (non-hydrogen) atoms. The molecule has 0 fully saturated rings. The van der Waals surface area contributed by atoms with Gasteiger partial charge in [-0.1, -0.05) is 29.3 Å². The third-order valence-electron chi connectivity index (χ3n) is 2.69. The molecule has 0 saturated heterocycles. The number of ether oxygens (including phenoxy) is 1. The second-order valence-electron chi connectivity index (χ2n) is 4.01. The van der Waals surface area contributed by atoms with E-state index in [1.165, 1.54) is 0 Å². The van der Waals surface area contributed by atoms with Gasteiger partial charge in [0, 0.05) is 11.1 Å². The number of ketones is 1. The van der Waals surface area contributed by atoms with Gasteiger partial charge in [0.05, 0.1) is 21.1 Å². The van der Waals surface area contributed by atoms with E-state index in [1.54, 1.807) is 36.4 Å². The summed E-state index contributed by atoms with van der Waals surface area (Å²) in [6.45, 7) is 2.46. The highest BCUT2D eigenvalue weighted by atomic mass is 79.9. The van der Waals surface area contributed by atoms with Crippen molar-refractivity contribution >= 4 is 44.9 Å². The van der Waals surface area contributed by atoms with Crippen molar-refractivity contribution in [2.75, 3.05) is 6.61 Å². The summed E-state index contributed by atoms with van der Waals surface area (Å²) >= 11 is 15.4. The van der Waals surface area contributed by atoms with Crippen LogP contribution >= 0.6 is 39.1 Å². The Morgan fingerprint density at radius 1 is 1.25 bits per heavy atom. The summed E-state index contributed by atoms with van der Waals surface area (Å²) in [6.07, 6.45) is 0. The minimum absolute atomic E-state index is 0.179. The van der Waals surface area contributed by atoms with Gasteiger partial charge in [-0.15, -0.1) is 0 Å². The van der Waals surface area contributed by atoms with Crippen molar-refractivity contribution in [3.63, 3.8) is 0 Å². The van der Waals surface area contributed by atoms with Gasteiger partial charge in [-0.3, -0.25) is 4.79 Å². The van der Waals surface area contributed by atoms with Crippen LogP contribution in [0.4, 0.5) is 0 Å². The largest absolute Gasteiger partial charge is 0.493 e. The zero-order chi connectivity index (χ0) is 14.7. The van der Waals surface area contributed by atoms with Gasteiger partial charge in [-0.25, -0.2) is 0 Å². The molecule has 0 atom stereocenters. The zero-order valence-corrected chi connectivity index (χ0v) is 13.7. The average molecular weight is 374 g/mol. The van der Waals surface area contributed by atoms with Crippen LogP contribution in [-0.4, -0.2) is 12.4 Å². The lowest BCUT2D eigenvalue weighted by Crippen LogP contribution is -2.03. The molecule has 0 aromatic heterocycles. The molecule has 0 spiro atoms. The summed E-state index contributed by atoms with van der Waals surface area (Å²) in [5, 5.41) is 0.631. The van der Waals surface area contributed by atoms with Crippen molar-refractivity contribution in [1.82, 2.24) is 0 Å². The second kappa shape index (κ2) is 6.61. The third kappa shape index (κ3) is 3.17. The summed E-state index contributed by atoms with van der Waals surface area (Å²) < 4.78 is 6.14. The van der Waals surface area contributed by atoms with Gasteiger partial charge in [-0.2, -0.15) is 0 Å². The fraction of sp³-hybridized carbons (Fsp3) is 0.133. The molecular weight excluding hydrogens is 363 g/mol. The summed E-state index contributed by atoms with van der Waals surface area (Å²) in [7, 11) is 0. The first-order valence-corrected chi connectivity index (χ1v) is 7.50. The lowest BCUT2D eigenvalue weighted by atomic mass is 10.0. The van der Waals surface area contributed by atoms with Gasteiger partial charge in [0.25, 0.3) is 0 Å². The fourth-order valence-corrected chi connectivity index (χ4v) is 2.63. The van der Waals surface area contributed by atoms with Crippen molar-refractivity contribution < 1.29 is 9.53 Å². The molecule has 0 radical (unpaired) electrons. The van der Waals surface area contributed by atoms with E-state index in [0.29, 0.717) is 28.5 Å². The van der Waals surface area contributed by atoms with Crippen LogP contribution in [0.15, 0.2) is 40.9 Å². The van der Waals surface area contributed by atoms with Gasteiger partial charge >= 0.3 is 0 Å². The van der Waals surface area contributed by atoms with Gasteiger partial charge in [0.1, 0.15) is 5.75 Å². The third-order valence-corrected chi connectivity index (χ3v) is 4.13. The number of hydrogen-bond acceptors (Lipinski definition) is 2. The number of rotatable bonds is 4. The van der Waals surface area contributed by atoms with Crippen LogP contribution in [0.3, 0.4) is 0 Å². The van der Waals surface area contributed by atoms with E-state index in [2.05, 4.69) is 15.9 Å². The number of carbonyl (C=O) groups excluding carboxylic acids is 1. The maximum absolute atomic E-state index is 12.4. The maximum atomic E-state index is 12.4. The summed E-state index contributed by atoms with van der Waals surface area (Å²) in [4.78, 5) is 12.4. The first kappa shape index (κ1) is 15.4. The zero-order valence-electron chi connectivity index (χ0n) is 10.6. The quantitative estimate of drug-likeness (QED) is 0.672. The highest BCUT2D eigenvalue weighted by Crippen LogP contribution is 2.30. The lowest BCUT2D eigenvalue weighted by molar-refractivity contribution is 0.103. The van der Waals surface area contributed by atoms with Crippen LogP contribution in [-0.2, 0) is 0 Å². The van der Waals surface area contributed by atoms with Crippen LogP contribution in [0, 0.1) is 0 Å². The summed E-state index contributed by atoms with van der Waals surface area (Å²) in [5.41, 5.74) is 0.903.